The van der Waals surface area contributed by atoms with Crippen LogP contribution in [0.4, 0.5) is 5.69 Å². The van der Waals surface area contributed by atoms with E-state index in [1.54, 1.807) is 6.07 Å². The highest BCUT2D eigenvalue weighted by Crippen LogP contribution is 2.18. The van der Waals surface area contributed by atoms with Gasteiger partial charge in [0.2, 0.25) is 5.91 Å². The highest BCUT2D eigenvalue weighted by atomic mass is 16.5. The number of anilines is 1. The summed E-state index contributed by atoms with van der Waals surface area (Å²) in [5.74, 6) is 0.0357. The number of nitrogens with one attached hydrogen (secondary N) is 4. The SMILES string of the molecule is CC[C@@H]1COCC(=O)[C@H]1NC(=O)[C@H](CC(C)C)NC(=O)c1cccc(NCC2CCNCC2)c1. The number of ether oxygens (including phenoxy) is 1. The Labute approximate surface area is 203 Å². The van der Waals surface area contributed by atoms with Crippen LogP contribution in [-0.4, -0.2) is 62.5 Å². The van der Waals surface area contributed by atoms with Crippen LogP contribution in [0, 0.1) is 17.8 Å². The van der Waals surface area contributed by atoms with Crippen molar-refractivity contribution in [3.8, 4) is 0 Å². The predicted octanol–water partition coefficient (Wildman–Crippen LogP) is 2.35. The molecule has 2 fully saturated rings. The minimum absolute atomic E-state index is 0.0137. The zero-order valence-corrected chi connectivity index (χ0v) is 20.7. The van der Waals surface area contributed by atoms with Gasteiger partial charge in [-0.05, 0) is 68.8 Å². The monoisotopic (exact) mass is 472 g/mol. The lowest BCUT2D eigenvalue weighted by Gasteiger charge is -2.31. The number of Topliss-reactive ketones (excluding diaryl/α,β-unsaturated/α-hetero) is 1. The van der Waals surface area contributed by atoms with Gasteiger partial charge >= 0.3 is 0 Å². The molecule has 3 atom stereocenters. The quantitative estimate of drug-likeness (QED) is 0.416. The second kappa shape index (κ2) is 12.9. The molecule has 8 heteroatoms. The van der Waals surface area contributed by atoms with Crippen LogP contribution in [0.25, 0.3) is 0 Å². The van der Waals surface area contributed by atoms with E-state index < -0.39 is 12.1 Å². The van der Waals surface area contributed by atoms with Gasteiger partial charge in [0.05, 0.1) is 12.6 Å². The first-order valence-electron chi connectivity index (χ1n) is 12.6. The maximum Gasteiger partial charge on any atom is 0.252 e. The van der Waals surface area contributed by atoms with E-state index in [4.69, 9.17) is 4.74 Å². The van der Waals surface area contributed by atoms with Crippen LogP contribution < -0.4 is 21.3 Å². The summed E-state index contributed by atoms with van der Waals surface area (Å²) in [4.78, 5) is 38.6. The summed E-state index contributed by atoms with van der Waals surface area (Å²) < 4.78 is 5.33. The molecule has 0 spiro atoms. The number of carbonyl (C=O) groups excluding carboxylic acids is 3. The maximum absolute atomic E-state index is 13.1. The Morgan fingerprint density at radius 2 is 1.97 bits per heavy atom. The number of benzene rings is 1. The first kappa shape index (κ1) is 26.2. The molecular formula is C26H40N4O4. The lowest BCUT2D eigenvalue weighted by molar-refractivity contribution is -0.138. The lowest BCUT2D eigenvalue weighted by atomic mass is 9.91. The Kier molecular flexibility index (Phi) is 9.89. The highest BCUT2D eigenvalue weighted by molar-refractivity contribution is 5.99. The van der Waals surface area contributed by atoms with E-state index in [1.807, 2.05) is 39.0 Å². The van der Waals surface area contributed by atoms with Gasteiger partial charge in [-0.25, -0.2) is 0 Å². The molecule has 8 nitrogen and oxygen atoms in total. The lowest BCUT2D eigenvalue weighted by Crippen LogP contribution is -2.56. The van der Waals surface area contributed by atoms with E-state index in [1.165, 1.54) is 0 Å². The van der Waals surface area contributed by atoms with E-state index in [0.717, 1.165) is 44.6 Å². The number of hydrogen-bond acceptors (Lipinski definition) is 6. The molecule has 0 aromatic heterocycles. The Hall–Kier alpha value is -2.45. The van der Waals surface area contributed by atoms with Crippen LogP contribution in [0.3, 0.4) is 0 Å². The highest BCUT2D eigenvalue weighted by Gasteiger charge is 2.34. The molecule has 2 heterocycles. The second-order valence-corrected chi connectivity index (χ2v) is 9.95. The van der Waals surface area contributed by atoms with Crippen LogP contribution in [0.1, 0.15) is 56.8 Å². The zero-order valence-electron chi connectivity index (χ0n) is 20.7. The third-order valence-electron chi connectivity index (χ3n) is 6.72. The maximum atomic E-state index is 13.1. The molecule has 2 amide bonds. The molecule has 0 saturated carbocycles. The van der Waals surface area contributed by atoms with Crippen molar-refractivity contribution in [3.63, 3.8) is 0 Å². The van der Waals surface area contributed by atoms with Gasteiger partial charge in [0.25, 0.3) is 5.91 Å². The van der Waals surface area contributed by atoms with Crippen LogP contribution in [0.2, 0.25) is 0 Å². The average Bonchev–Trinajstić information content (AvgIpc) is 2.84. The summed E-state index contributed by atoms with van der Waals surface area (Å²) in [6.07, 6.45) is 3.51. The van der Waals surface area contributed by atoms with Gasteiger partial charge in [-0.15, -0.1) is 0 Å². The summed E-state index contributed by atoms with van der Waals surface area (Å²) in [6.45, 7) is 9.43. The van der Waals surface area contributed by atoms with Gasteiger partial charge in [-0.2, -0.15) is 0 Å². The topological polar surface area (TPSA) is 109 Å². The molecular weight excluding hydrogens is 432 g/mol. The number of carbonyl (C=O) groups is 3. The zero-order chi connectivity index (χ0) is 24.5. The first-order valence-corrected chi connectivity index (χ1v) is 12.6. The number of amides is 2. The van der Waals surface area contributed by atoms with Crippen molar-refractivity contribution in [1.82, 2.24) is 16.0 Å². The van der Waals surface area contributed by atoms with E-state index in [-0.39, 0.29) is 36.0 Å². The van der Waals surface area contributed by atoms with E-state index >= 15 is 0 Å². The third-order valence-corrected chi connectivity index (χ3v) is 6.72. The van der Waals surface area contributed by atoms with Crippen molar-refractivity contribution in [2.24, 2.45) is 17.8 Å². The molecule has 188 valence electrons. The van der Waals surface area contributed by atoms with Gasteiger partial charge in [-0.3, -0.25) is 14.4 Å². The molecule has 2 saturated heterocycles. The largest absolute Gasteiger partial charge is 0.385 e. The van der Waals surface area contributed by atoms with Crippen LogP contribution in [0.15, 0.2) is 24.3 Å². The normalized spacial score (nSPS) is 22.3. The molecule has 2 aliphatic heterocycles. The molecule has 3 rings (SSSR count). The molecule has 1 aromatic rings. The third kappa shape index (κ3) is 7.53. The summed E-state index contributed by atoms with van der Waals surface area (Å²) in [5.41, 5.74) is 1.40. The predicted molar refractivity (Wildman–Crippen MR) is 133 cm³/mol. The molecule has 0 radical (unpaired) electrons. The Balaban J connectivity index is 1.63. The van der Waals surface area contributed by atoms with Gasteiger partial charge < -0.3 is 26.0 Å². The van der Waals surface area contributed by atoms with Gasteiger partial charge in [0.1, 0.15) is 12.6 Å². The van der Waals surface area contributed by atoms with Gasteiger partial charge in [0.15, 0.2) is 5.78 Å². The molecule has 0 unspecified atom stereocenters. The molecule has 0 aliphatic carbocycles. The minimum Gasteiger partial charge on any atom is -0.385 e. The molecule has 0 bridgehead atoms. The minimum atomic E-state index is -0.716. The van der Waals surface area contributed by atoms with Crippen LogP contribution >= 0.6 is 0 Å². The van der Waals surface area contributed by atoms with Crippen LogP contribution in [-0.2, 0) is 14.3 Å². The molecule has 2 aliphatic rings. The number of hydrogen-bond donors (Lipinski definition) is 4. The Morgan fingerprint density at radius 3 is 2.68 bits per heavy atom. The van der Waals surface area contributed by atoms with Crippen molar-refractivity contribution < 1.29 is 19.1 Å². The molecule has 1 aromatic carbocycles. The number of rotatable bonds is 10. The van der Waals surface area contributed by atoms with E-state index in [0.29, 0.717) is 24.5 Å². The second-order valence-electron chi connectivity index (χ2n) is 9.95. The Bertz CT molecular complexity index is 838. The smallest absolute Gasteiger partial charge is 0.252 e. The standard InChI is InChI=1S/C26H40N4O4/c1-4-19-15-34-16-23(31)24(19)30-26(33)22(12-17(2)3)29-25(32)20-6-5-7-21(13-20)28-14-18-8-10-27-11-9-18/h5-7,13,17-19,22,24,27-28H,4,8-12,14-16H2,1-3H3,(H,29,32)(H,30,33)/t19-,22+,24+/m1/s1. The summed E-state index contributed by atoms with van der Waals surface area (Å²) >= 11 is 0. The average molecular weight is 473 g/mol. The fourth-order valence-corrected chi connectivity index (χ4v) is 4.63. The Morgan fingerprint density at radius 1 is 1.21 bits per heavy atom. The van der Waals surface area contributed by atoms with Gasteiger partial charge in [-0.1, -0.05) is 26.8 Å². The fraction of sp³-hybridized carbons (Fsp3) is 0.654. The van der Waals surface area contributed by atoms with E-state index in [9.17, 15) is 14.4 Å². The summed E-state index contributed by atoms with van der Waals surface area (Å²) in [6, 6.07) is 6.11. The van der Waals surface area contributed by atoms with Crippen molar-refractivity contribution in [1.29, 1.82) is 0 Å². The number of piperidine rings is 1. The summed E-state index contributed by atoms with van der Waals surface area (Å²) in [7, 11) is 0. The van der Waals surface area contributed by atoms with Crippen molar-refractivity contribution in [3.05, 3.63) is 29.8 Å². The molecule has 34 heavy (non-hydrogen) atoms. The number of ketones is 1. The van der Waals surface area contributed by atoms with Crippen LogP contribution in [0.5, 0.6) is 0 Å². The fourth-order valence-electron chi connectivity index (χ4n) is 4.63. The van der Waals surface area contributed by atoms with Crippen molar-refractivity contribution in [2.75, 3.05) is 38.2 Å². The van der Waals surface area contributed by atoms with Crippen molar-refractivity contribution in [2.45, 2.75) is 58.5 Å². The summed E-state index contributed by atoms with van der Waals surface area (Å²) in [5, 5.41) is 12.6. The van der Waals surface area contributed by atoms with E-state index in [2.05, 4.69) is 21.3 Å². The van der Waals surface area contributed by atoms with Crippen molar-refractivity contribution >= 4 is 23.3 Å². The molecule has 4 N–H and O–H groups in total. The first-order chi connectivity index (χ1) is 16.4. The van der Waals surface area contributed by atoms with Gasteiger partial charge in [0, 0.05) is 23.7 Å².